The van der Waals surface area contributed by atoms with Crippen LogP contribution in [0.3, 0.4) is 0 Å². The van der Waals surface area contributed by atoms with Gasteiger partial charge in [0.1, 0.15) is 0 Å². The number of benzene rings is 1. The van der Waals surface area contributed by atoms with Gasteiger partial charge in [0.2, 0.25) is 11.6 Å². The summed E-state index contributed by atoms with van der Waals surface area (Å²) in [6, 6.07) is 7.02. The Hall–Kier alpha value is -2.74. The molecule has 0 spiro atoms. The van der Waals surface area contributed by atoms with E-state index in [1.807, 2.05) is 0 Å². The molecular formula is C20H22N4O3S. The Morgan fingerprint density at radius 3 is 2.82 bits per heavy atom. The lowest BCUT2D eigenvalue weighted by molar-refractivity contribution is -0.129. The van der Waals surface area contributed by atoms with Crippen molar-refractivity contribution in [2.24, 2.45) is 5.92 Å². The Kier molecular flexibility index (Phi) is 4.66. The minimum absolute atomic E-state index is 0.149. The highest BCUT2D eigenvalue weighted by Crippen LogP contribution is 2.45. The molecule has 2 aliphatic heterocycles. The first-order valence-electron chi connectivity index (χ1n) is 9.40. The van der Waals surface area contributed by atoms with Crippen molar-refractivity contribution < 1.29 is 14.4 Å². The molecule has 7 nitrogen and oxygen atoms in total. The summed E-state index contributed by atoms with van der Waals surface area (Å²) in [7, 11) is 0. The van der Waals surface area contributed by atoms with Crippen molar-refractivity contribution in [1.82, 2.24) is 9.88 Å². The largest absolute Gasteiger partial charge is 0.307 e. The van der Waals surface area contributed by atoms with Crippen LogP contribution in [-0.4, -0.2) is 39.8 Å². The SMILES string of the molecule is CC(C)CCN1C(=O)c2ccccc2N2C(=O)CCC12C(=O)Nc1nccs1. The van der Waals surface area contributed by atoms with Crippen LogP contribution in [-0.2, 0) is 9.59 Å². The summed E-state index contributed by atoms with van der Waals surface area (Å²) in [5.74, 6) is -0.394. The summed E-state index contributed by atoms with van der Waals surface area (Å²) < 4.78 is 0. The quantitative estimate of drug-likeness (QED) is 0.839. The summed E-state index contributed by atoms with van der Waals surface area (Å²) in [6.07, 6.45) is 2.82. The van der Waals surface area contributed by atoms with Crippen LogP contribution in [0.1, 0.15) is 43.5 Å². The Morgan fingerprint density at radius 1 is 1.32 bits per heavy atom. The number of carbonyl (C=O) groups excluding carboxylic acids is 3. The van der Waals surface area contributed by atoms with Gasteiger partial charge in [-0.3, -0.25) is 24.6 Å². The van der Waals surface area contributed by atoms with E-state index < -0.39 is 5.66 Å². The molecule has 0 bridgehead atoms. The Bertz CT molecular complexity index is 927. The van der Waals surface area contributed by atoms with Crippen LogP contribution in [0.25, 0.3) is 0 Å². The molecule has 3 amide bonds. The van der Waals surface area contributed by atoms with Crippen molar-refractivity contribution in [2.75, 3.05) is 16.8 Å². The number of carbonyl (C=O) groups is 3. The Labute approximate surface area is 167 Å². The molecule has 28 heavy (non-hydrogen) atoms. The molecule has 3 heterocycles. The molecule has 2 aliphatic rings. The van der Waals surface area contributed by atoms with Crippen LogP contribution in [0.5, 0.6) is 0 Å². The van der Waals surface area contributed by atoms with E-state index in [2.05, 4.69) is 24.1 Å². The van der Waals surface area contributed by atoms with E-state index in [-0.39, 0.29) is 30.6 Å². The molecule has 1 aromatic carbocycles. The number of hydrogen-bond donors (Lipinski definition) is 1. The van der Waals surface area contributed by atoms with Gasteiger partial charge in [-0.25, -0.2) is 4.98 Å². The zero-order valence-corrected chi connectivity index (χ0v) is 16.7. The van der Waals surface area contributed by atoms with Gasteiger partial charge in [-0.1, -0.05) is 26.0 Å². The molecule has 0 aliphatic carbocycles. The number of para-hydroxylation sites is 1. The molecule has 1 unspecified atom stereocenters. The monoisotopic (exact) mass is 398 g/mol. The van der Waals surface area contributed by atoms with Crippen LogP contribution in [0.4, 0.5) is 10.8 Å². The van der Waals surface area contributed by atoms with Crippen LogP contribution >= 0.6 is 11.3 Å². The lowest BCUT2D eigenvalue weighted by Gasteiger charge is -2.49. The first-order valence-corrected chi connectivity index (χ1v) is 10.3. The Morgan fingerprint density at radius 2 is 2.11 bits per heavy atom. The predicted molar refractivity (Wildman–Crippen MR) is 107 cm³/mol. The molecule has 1 aromatic heterocycles. The van der Waals surface area contributed by atoms with Gasteiger partial charge in [0, 0.05) is 31.0 Å². The van der Waals surface area contributed by atoms with E-state index in [1.165, 1.54) is 16.2 Å². The van der Waals surface area contributed by atoms with Crippen LogP contribution < -0.4 is 10.2 Å². The first-order chi connectivity index (χ1) is 13.4. The molecule has 2 aromatic rings. The number of fused-ring (bicyclic) bond motifs is 3. The third-order valence-electron chi connectivity index (χ3n) is 5.32. The summed E-state index contributed by atoms with van der Waals surface area (Å²) in [6.45, 7) is 4.55. The summed E-state index contributed by atoms with van der Waals surface area (Å²) in [5.41, 5.74) is -0.396. The fraction of sp³-hybridized carbons (Fsp3) is 0.400. The molecule has 0 saturated carbocycles. The maximum Gasteiger partial charge on any atom is 0.273 e. The number of rotatable bonds is 5. The molecular weight excluding hydrogens is 376 g/mol. The van der Waals surface area contributed by atoms with Gasteiger partial charge >= 0.3 is 0 Å². The third-order valence-corrected chi connectivity index (χ3v) is 6.01. The maximum atomic E-state index is 13.5. The average molecular weight is 398 g/mol. The van der Waals surface area contributed by atoms with Crippen molar-refractivity contribution in [3.8, 4) is 0 Å². The summed E-state index contributed by atoms with van der Waals surface area (Å²) in [4.78, 5) is 47.0. The van der Waals surface area contributed by atoms with Crippen LogP contribution in [0.15, 0.2) is 35.8 Å². The minimum atomic E-state index is -1.36. The molecule has 0 radical (unpaired) electrons. The second-order valence-corrected chi connectivity index (χ2v) is 8.39. The Balaban J connectivity index is 1.83. The molecule has 1 saturated heterocycles. The highest BCUT2D eigenvalue weighted by molar-refractivity contribution is 7.13. The van der Waals surface area contributed by atoms with E-state index in [4.69, 9.17) is 0 Å². The van der Waals surface area contributed by atoms with Gasteiger partial charge in [-0.2, -0.15) is 0 Å². The first kappa shape index (κ1) is 18.6. The van der Waals surface area contributed by atoms with E-state index in [9.17, 15) is 14.4 Å². The van der Waals surface area contributed by atoms with Crippen LogP contribution in [0.2, 0.25) is 0 Å². The zero-order chi connectivity index (χ0) is 19.9. The van der Waals surface area contributed by atoms with Crippen molar-refractivity contribution in [1.29, 1.82) is 0 Å². The molecule has 8 heteroatoms. The average Bonchev–Trinajstić information content (AvgIpc) is 3.30. The molecule has 1 atom stereocenters. The number of hydrogen-bond acceptors (Lipinski definition) is 5. The maximum absolute atomic E-state index is 13.5. The number of aromatic nitrogens is 1. The third kappa shape index (κ3) is 2.79. The van der Waals surface area contributed by atoms with Gasteiger partial charge in [-0.05, 0) is 24.5 Å². The standard InChI is InChI=1S/C20H22N4O3S/c1-13(2)8-11-23-17(26)14-5-3-4-6-15(14)24-16(25)7-9-20(23,24)18(27)22-19-21-10-12-28-19/h3-6,10,12-13H,7-9,11H2,1-2H3,(H,21,22,27). The van der Waals surface area contributed by atoms with E-state index in [0.717, 1.165) is 6.42 Å². The zero-order valence-electron chi connectivity index (χ0n) is 15.8. The second kappa shape index (κ2) is 7.01. The highest BCUT2D eigenvalue weighted by Gasteiger charge is 2.60. The predicted octanol–water partition coefficient (Wildman–Crippen LogP) is 3.11. The number of nitrogens with one attached hydrogen (secondary N) is 1. The fourth-order valence-corrected chi connectivity index (χ4v) is 4.48. The normalized spacial score (nSPS) is 21.1. The van der Waals surface area contributed by atoms with Gasteiger partial charge < -0.3 is 4.90 Å². The number of nitrogens with zero attached hydrogens (tertiary/aromatic N) is 3. The van der Waals surface area contributed by atoms with Crippen molar-refractivity contribution >= 4 is 39.9 Å². The fourth-order valence-electron chi connectivity index (χ4n) is 3.96. The van der Waals surface area contributed by atoms with E-state index in [1.54, 1.807) is 40.7 Å². The van der Waals surface area contributed by atoms with Crippen molar-refractivity contribution in [2.45, 2.75) is 38.8 Å². The molecule has 146 valence electrons. The number of anilines is 2. The minimum Gasteiger partial charge on any atom is -0.307 e. The van der Waals surface area contributed by atoms with E-state index >= 15 is 0 Å². The second-order valence-electron chi connectivity index (χ2n) is 7.49. The van der Waals surface area contributed by atoms with Crippen molar-refractivity contribution in [3.05, 3.63) is 41.4 Å². The van der Waals surface area contributed by atoms with Gasteiger partial charge in [0.25, 0.3) is 11.8 Å². The molecule has 1 N–H and O–H groups in total. The number of amides is 3. The summed E-state index contributed by atoms with van der Waals surface area (Å²) >= 11 is 1.30. The number of thiazole rings is 1. The lowest BCUT2D eigenvalue weighted by Crippen LogP contribution is -2.69. The van der Waals surface area contributed by atoms with E-state index in [0.29, 0.717) is 28.8 Å². The topological polar surface area (TPSA) is 82.6 Å². The smallest absolute Gasteiger partial charge is 0.273 e. The highest BCUT2D eigenvalue weighted by atomic mass is 32.1. The van der Waals surface area contributed by atoms with Crippen LogP contribution in [0, 0.1) is 5.92 Å². The van der Waals surface area contributed by atoms with Gasteiger partial charge in [0.05, 0.1) is 11.3 Å². The lowest BCUT2D eigenvalue weighted by atomic mass is 9.94. The van der Waals surface area contributed by atoms with Gasteiger partial charge in [0.15, 0.2) is 5.13 Å². The van der Waals surface area contributed by atoms with Gasteiger partial charge in [-0.15, -0.1) is 11.3 Å². The summed E-state index contributed by atoms with van der Waals surface area (Å²) in [5, 5.41) is 5.04. The molecule has 1 fully saturated rings. The van der Waals surface area contributed by atoms with Crippen molar-refractivity contribution in [3.63, 3.8) is 0 Å². The molecule has 4 rings (SSSR count).